The number of rotatable bonds is 4. The second-order valence-electron chi connectivity index (χ2n) is 7.17. The van der Waals surface area contributed by atoms with Gasteiger partial charge in [-0.05, 0) is 59.6 Å². The zero-order chi connectivity index (χ0) is 17.0. The van der Waals surface area contributed by atoms with Gasteiger partial charge < -0.3 is 10.1 Å². The Morgan fingerprint density at radius 2 is 2.26 bits per heavy atom. The van der Waals surface area contributed by atoms with E-state index >= 15 is 0 Å². The molecule has 1 aromatic rings. The maximum atomic E-state index is 12.8. The van der Waals surface area contributed by atoms with Gasteiger partial charge in [0, 0.05) is 23.8 Å². The Morgan fingerprint density at radius 1 is 1.52 bits per heavy atom. The Hall–Kier alpha value is -1.62. The van der Waals surface area contributed by atoms with Crippen molar-refractivity contribution in [2.24, 2.45) is 0 Å². The Kier molecular flexibility index (Phi) is 5.63. The summed E-state index contributed by atoms with van der Waals surface area (Å²) in [5.41, 5.74) is 0.555. The Bertz CT molecular complexity index is 533. The molecule has 1 amide bonds. The topological polar surface area (TPSA) is 54.5 Å². The summed E-state index contributed by atoms with van der Waals surface area (Å²) in [5, 5.41) is 3.49. The first-order chi connectivity index (χ1) is 10.8. The number of nitrogens with one attached hydrogen (secondary N) is 1. The van der Waals surface area contributed by atoms with Gasteiger partial charge >= 0.3 is 6.09 Å². The second kappa shape index (κ2) is 7.30. The van der Waals surface area contributed by atoms with E-state index in [4.69, 9.17) is 4.74 Å². The van der Waals surface area contributed by atoms with Crippen LogP contribution in [0, 0.1) is 0 Å². The van der Waals surface area contributed by atoms with Crippen molar-refractivity contribution >= 4 is 11.9 Å². The third kappa shape index (κ3) is 4.44. The number of nitrogens with zero attached hydrogens (tertiary/aromatic N) is 2. The number of amides is 1. The molecule has 0 bridgehead atoms. The fourth-order valence-electron chi connectivity index (χ4n) is 2.80. The summed E-state index contributed by atoms with van der Waals surface area (Å²) in [4.78, 5) is 19.0. The first-order valence-corrected chi connectivity index (χ1v) is 8.54. The van der Waals surface area contributed by atoms with Gasteiger partial charge in [-0.2, -0.15) is 0 Å². The number of ether oxygens (including phenoxy) is 1. The zero-order valence-electron chi connectivity index (χ0n) is 14.9. The van der Waals surface area contributed by atoms with Crippen LogP contribution in [0.4, 0.5) is 10.6 Å². The minimum Gasteiger partial charge on any atom is -0.443 e. The molecule has 23 heavy (non-hydrogen) atoms. The SMILES string of the molecule is CC[C@@H](C)N(C(=O)OC(C)(C)C)c1ncccc1[C@@H]1CCCN1. The lowest BCUT2D eigenvalue weighted by molar-refractivity contribution is 0.0565. The highest BCUT2D eigenvalue weighted by Crippen LogP contribution is 2.32. The van der Waals surface area contributed by atoms with E-state index in [9.17, 15) is 4.79 Å². The van der Waals surface area contributed by atoms with Crippen molar-refractivity contribution in [1.82, 2.24) is 10.3 Å². The van der Waals surface area contributed by atoms with E-state index in [-0.39, 0.29) is 18.2 Å². The van der Waals surface area contributed by atoms with Crippen LogP contribution in [-0.4, -0.2) is 29.3 Å². The van der Waals surface area contributed by atoms with Crippen LogP contribution in [-0.2, 0) is 4.74 Å². The molecule has 0 spiro atoms. The molecule has 1 fully saturated rings. The molecular formula is C18H29N3O2. The quantitative estimate of drug-likeness (QED) is 0.910. The molecule has 2 rings (SSSR count). The number of aromatic nitrogens is 1. The lowest BCUT2D eigenvalue weighted by Gasteiger charge is -2.32. The van der Waals surface area contributed by atoms with Crippen molar-refractivity contribution in [3.63, 3.8) is 0 Å². The number of anilines is 1. The normalized spacial score (nSPS) is 19.4. The van der Waals surface area contributed by atoms with E-state index in [0.29, 0.717) is 0 Å². The van der Waals surface area contributed by atoms with Gasteiger partial charge in [0.05, 0.1) is 0 Å². The maximum absolute atomic E-state index is 12.8. The predicted octanol–water partition coefficient (Wildman–Crippen LogP) is 4.05. The molecule has 0 unspecified atom stereocenters. The fraction of sp³-hybridized carbons (Fsp3) is 0.667. The van der Waals surface area contributed by atoms with Gasteiger partial charge in [-0.3, -0.25) is 4.90 Å². The van der Waals surface area contributed by atoms with E-state index in [0.717, 1.165) is 37.2 Å². The molecule has 1 aliphatic rings. The Labute approximate surface area is 139 Å². The van der Waals surface area contributed by atoms with Crippen LogP contribution in [0.1, 0.15) is 65.5 Å². The molecule has 1 aromatic heterocycles. The third-order valence-corrected chi connectivity index (χ3v) is 4.10. The number of hydrogen-bond donors (Lipinski definition) is 1. The van der Waals surface area contributed by atoms with Gasteiger partial charge in [0.2, 0.25) is 0 Å². The molecule has 0 aliphatic carbocycles. The summed E-state index contributed by atoms with van der Waals surface area (Å²) in [7, 11) is 0. The number of carbonyl (C=O) groups excluding carboxylic acids is 1. The lowest BCUT2D eigenvalue weighted by atomic mass is 10.0. The first-order valence-electron chi connectivity index (χ1n) is 8.54. The number of pyridine rings is 1. The minimum absolute atomic E-state index is 0.0277. The summed E-state index contributed by atoms with van der Waals surface area (Å²) in [6, 6.07) is 4.28. The Morgan fingerprint density at radius 3 is 2.83 bits per heavy atom. The maximum Gasteiger partial charge on any atom is 0.416 e. The predicted molar refractivity (Wildman–Crippen MR) is 92.7 cm³/mol. The summed E-state index contributed by atoms with van der Waals surface area (Å²) in [5.74, 6) is 0.718. The summed E-state index contributed by atoms with van der Waals surface area (Å²) >= 11 is 0. The summed E-state index contributed by atoms with van der Waals surface area (Å²) in [6.07, 6.45) is 4.47. The van der Waals surface area contributed by atoms with Crippen molar-refractivity contribution in [3.05, 3.63) is 23.9 Å². The standard InChI is InChI=1S/C18H29N3O2/c1-6-13(2)21(17(22)23-18(3,4)5)16-14(9-7-12-20-16)15-10-8-11-19-15/h7,9,12-13,15,19H,6,8,10-11H2,1-5H3/t13-,15+/m1/s1. The second-order valence-corrected chi connectivity index (χ2v) is 7.17. The minimum atomic E-state index is -0.524. The van der Waals surface area contributed by atoms with Gasteiger partial charge in [-0.1, -0.05) is 13.0 Å². The molecule has 2 atom stereocenters. The molecule has 1 saturated heterocycles. The van der Waals surface area contributed by atoms with E-state index < -0.39 is 5.60 Å². The average Bonchev–Trinajstić information content (AvgIpc) is 3.00. The smallest absolute Gasteiger partial charge is 0.416 e. The lowest BCUT2D eigenvalue weighted by Crippen LogP contribution is -2.43. The van der Waals surface area contributed by atoms with E-state index in [1.165, 1.54) is 0 Å². The zero-order valence-corrected chi connectivity index (χ0v) is 14.9. The van der Waals surface area contributed by atoms with Crippen molar-refractivity contribution in [3.8, 4) is 0 Å². The fourth-order valence-corrected chi connectivity index (χ4v) is 2.80. The van der Waals surface area contributed by atoms with Crippen molar-refractivity contribution in [2.45, 2.75) is 71.6 Å². The molecule has 1 N–H and O–H groups in total. The van der Waals surface area contributed by atoms with Crippen LogP contribution in [0.25, 0.3) is 0 Å². The number of hydrogen-bond acceptors (Lipinski definition) is 4. The molecule has 128 valence electrons. The highest BCUT2D eigenvalue weighted by Gasteiger charge is 2.31. The third-order valence-electron chi connectivity index (χ3n) is 4.10. The molecular weight excluding hydrogens is 290 g/mol. The van der Waals surface area contributed by atoms with Crippen molar-refractivity contribution in [2.75, 3.05) is 11.4 Å². The van der Waals surface area contributed by atoms with E-state index in [1.54, 1.807) is 11.1 Å². The van der Waals surface area contributed by atoms with Crippen LogP contribution in [0.3, 0.4) is 0 Å². The van der Waals surface area contributed by atoms with Crippen LogP contribution < -0.4 is 10.2 Å². The van der Waals surface area contributed by atoms with Crippen LogP contribution in [0.15, 0.2) is 18.3 Å². The molecule has 1 aliphatic heterocycles. The van der Waals surface area contributed by atoms with Gasteiger partial charge in [0.25, 0.3) is 0 Å². The van der Waals surface area contributed by atoms with E-state index in [2.05, 4.69) is 23.3 Å². The first kappa shape index (κ1) is 17.7. The molecule has 0 radical (unpaired) electrons. The monoisotopic (exact) mass is 319 g/mol. The molecule has 5 nitrogen and oxygen atoms in total. The van der Waals surface area contributed by atoms with Gasteiger partial charge in [0.15, 0.2) is 0 Å². The molecule has 0 saturated carbocycles. The van der Waals surface area contributed by atoms with Crippen LogP contribution >= 0.6 is 0 Å². The van der Waals surface area contributed by atoms with Gasteiger partial charge in [0.1, 0.15) is 11.4 Å². The highest BCUT2D eigenvalue weighted by atomic mass is 16.6. The summed E-state index contributed by atoms with van der Waals surface area (Å²) < 4.78 is 5.62. The van der Waals surface area contributed by atoms with E-state index in [1.807, 2.05) is 33.8 Å². The van der Waals surface area contributed by atoms with Gasteiger partial charge in [-0.25, -0.2) is 9.78 Å². The molecule has 2 heterocycles. The number of carbonyl (C=O) groups is 1. The van der Waals surface area contributed by atoms with Crippen LogP contribution in [0.5, 0.6) is 0 Å². The molecule has 0 aromatic carbocycles. The highest BCUT2D eigenvalue weighted by molar-refractivity contribution is 5.88. The Balaban J connectivity index is 2.37. The summed E-state index contributed by atoms with van der Waals surface area (Å²) in [6.45, 7) is 10.8. The van der Waals surface area contributed by atoms with Crippen molar-refractivity contribution < 1.29 is 9.53 Å². The molecule has 5 heteroatoms. The average molecular weight is 319 g/mol. The van der Waals surface area contributed by atoms with Gasteiger partial charge in [-0.15, -0.1) is 0 Å². The largest absolute Gasteiger partial charge is 0.443 e. The van der Waals surface area contributed by atoms with Crippen LogP contribution in [0.2, 0.25) is 0 Å². The van der Waals surface area contributed by atoms with Crippen molar-refractivity contribution in [1.29, 1.82) is 0 Å².